The minimum Gasteiger partial charge on any atom is -0.497 e. The van der Waals surface area contributed by atoms with E-state index in [4.69, 9.17) is 42.6 Å². The van der Waals surface area contributed by atoms with E-state index in [9.17, 15) is 9.59 Å². The highest BCUT2D eigenvalue weighted by molar-refractivity contribution is 5.83. The number of hydrogen-bond donors (Lipinski definition) is 0. The maximum absolute atomic E-state index is 13.7. The predicted molar refractivity (Wildman–Crippen MR) is 235 cm³/mol. The Morgan fingerprint density at radius 3 is 2.02 bits per heavy atom. The van der Waals surface area contributed by atoms with Gasteiger partial charge in [0.25, 0.3) is 0 Å². The molecule has 334 valence electrons. The van der Waals surface area contributed by atoms with Crippen LogP contribution in [0.4, 0.5) is 0 Å². The number of benzene rings is 3. The fourth-order valence-corrected chi connectivity index (χ4v) is 7.48. The molecule has 1 fully saturated rings. The third-order valence-corrected chi connectivity index (χ3v) is 11.1. The van der Waals surface area contributed by atoms with Crippen molar-refractivity contribution in [3.05, 3.63) is 119 Å². The van der Waals surface area contributed by atoms with Crippen molar-refractivity contribution in [2.45, 2.75) is 129 Å². The van der Waals surface area contributed by atoms with Crippen molar-refractivity contribution in [3.63, 3.8) is 0 Å². The highest BCUT2D eigenvalue weighted by Crippen LogP contribution is 2.49. The Labute approximate surface area is 363 Å². The number of rotatable bonds is 26. The predicted octanol–water partition coefficient (Wildman–Crippen LogP) is 9.89. The largest absolute Gasteiger partial charge is 0.497 e. The number of hydrogen-bond acceptors (Lipinski definition) is 11. The molecule has 0 radical (unpaired) electrons. The van der Waals surface area contributed by atoms with Crippen LogP contribution >= 0.6 is 0 Å². The first-order valence-electron chi connectivity index (χ1n) is 21.5. The lowest BCUT2D eigenvalue weighted by Crippen LogP contribution is -2.63. The number of unbranched alkanes of at least 4 members (excludes halogenated alkanes) is 4. The summed E-state index contributed by atoms with van der Waals surface area (Å²) in [7, 11) is 6.14. The van der Waals surface area contributed by atoms with E-state index in [2.05, 4.69) is 6.92 Å². The summed E-state index contributed by atoms with van der Waals surface area (Å²) in [6.07, 6.45) is 8.48. The van der Waals surface area contributed by atoms with Crippen LogP contribution in [0.15, 0.2) is 103 Å². The molecule has 1 saturated heterocycles. The van der Waals surface area contributed by atoms with Gasteiger partial charge in [0.05, 0.1) is 66.1 Å². The molecule has 1 heterocycles. The Kier molecular flexibility index (Phi) is 20.5. The monoisotopic (exact) mass is 844 g/mol. The SMILES string of the molecule is CCCCCCCC(=O)O[C@H]1/C(=C/C(=O)OC)C[C@@H](C[C@@H](OCc2ccc(OC)cc2)[C@@H](C)OCc2ccccc2)O[C@@]1(OC)C(C)(C)/C=C/COCc1ccc(OC)cc1. The van der Waals surface area contributed by atoms with Crippen molar-refractivity contribution in [1.82, 2.24) is 0 Å². The zero-order valence-electron chi connectivity index (χ0n) is 37.5. The smallest absolute Gasteiger partial charge is 0.330 e. The molecule has 0 aliphatic carbocycles. The van der Waals surface area contributed by atoms with Crippen molar-refractivity contribution >= 4 is 11.9 Å². The van der Waals surface area contributed by atoms with Gasteiger partial charge in [-0.2, -0.15) is 0 Å². The second-order valence-corrected chi connectivity index (χ2v) is 16.0. The van der Waals surface area contributed by atoms with E-state index < -0.39 is 41.5 Å². The molecule has 0 spiro atoms. The summed E-state index contributed by atoms with van der Waals surface area (Å²) in [4.78, 5) is 26.8. The fourth-order valence-electron chi connectivity index (χ4n) is 7.48. The van der Waals surface area contributed by atoms with E-state index in [1.54, 1.807) is 21.3 Å². The van der Waals surface area contributed by atoms with Crippen LogP contribution in [0.2, 0.25) is 0 Å². The average Bonchev–Trinajstić information content (AvgIpc) is 3.27. The summed E-state index contributed by atoms with van der Waals surface area (Å²) < 4.78 is 54.9. The molecule has 0 unspecified atom stereocenters. The molecule has 5 atom stereocenters. The number of ether oxygens (including phenoxy) is 9. The van der Waals surface area contributed by atoms with Gasteiger partial charge in [0.15, 0.2) is 6.10 Å². The van der Waals surface area contributed by atoms with Gasteiger partial charge in [0.2, 0.25) is 5.79 Å². The van der Waals surface area contributed by atoms with E-state index in [-0.39, 0.29) is 18.9 Å². The molecule has 0 bridgehead atoms. The molecule has 1 aliphatic heterocycles. The summed E-state index contributed by atoms with van der Waals surface area (Å²) in [5, 5.41) is 0. The second kappa shape index (κ2) is 25.4. The van der Waals surface area contributed by atoms with Gasteiger partial charge in [0, 0.05) is 31.4 Å². The quantitative estimate of drug-likeness (QED) is 0.0333. The third-order valence-electron chi connectivity index (χ3n) is 11.1. The van der Waals surface area contributed by atoms with Gasteiger partial charge >= 0.3 is 11.9 Å². The fraction of sp³-hybridized carbons (Fsp3) is 0.520. The Morgan fingerprint density at radius 1 is 0.803 bits per heavy atom. The second-order valence-electron chi connectivity index (χ2n) is 16.0. The average molecular weight is 845 g/mol. The minimum atomic E-state index is -1.59. The molecule has 3 aromatic carbocycles. The number of esters is 2. The molecular formula is C50H68O11. The highest BCUT2D eigenvalue weighted by atomic mass is 16.7. The van der Waals surface area contributed by atoms with Gasteiger partial charge in [-0.05, 0) is 66.3 Å². The molecule has 1 aliphatic rings. The van der Waals surface area contributed by atoms with Gasteiger partial charge in [-0.25, -0.2) is 4.79 Å². The van der Waals surface area contributed by atoms with Gasteiger partial charge in [-0.1, -0.05) is 113 Å². The van der Waals surface area contributed by atoms with Crippen LogP contribution in [0, 0.1) is 5.41 Å². The lowest BCUT2D eigenvalue weighted by Gasteiger charge is -2.53. The molecule has 0 N–H and O–H groups in total. The Bertz CT molecular complexity index is 1790. The Morgan fingerprint density at radius 2 is 1.41 bits per heavy atom. The van der Waals surface area contributed by atoms with Gasteiger partial charge in [-0.15, -0.1) is 0 Å². The molecule has 4 rings (SSSR count). The van der Waals surface area contributed by atoms with E-state index >= 15 is 0 Å². The summed E-state index contributed by atoms with van der Waals surface area (Å²) >= 11 is 0. The van der Waals surface area contributed by atoms with Crippen LogP contribution in [0.25, 0.3) is 0 Å². The topological polar surface area (TPSA) is 117 Å². The van der Waals surface area contributed by atoms with Crippen molar-refractivity contribution in [1.29, 1.82) is 0 Å². The maximum atomic E-state index is 13.7. The summed E-state index contributed by atoms with van der Waals surface area (Å²) in [5.74, 6) is -1.03. The lowest BCUT2D eigenvalue weighted by atomic mass is 9.74. The van der Waals surface area contributed by atoms with Crippen molar-refractivity contribution < 1.29 is 52.2 Å². The zero-order valence-corrected chi connectivity index (χ0v) is 37.5. The molecule has 11 heteroatoms. The Hall–Kier alpha value is -4.52. The number of carbonyl (C=O) groups is 2. The van der Waals surface area contributed by atoms with Crippen molar-refractivity contribution in [3.8, 4) is 11.5 Å². The van der Waals surface area contributed by atoms with Gasteiger partial charge in [0.1, 0.15) is 11.5 Å². The molecule has 0 amide bonds. The minimum absolute atomic E-state index is 0.224. The molecule has 0 aromatic heterocycles. The first-order valence-corrected chi connectivity index (χ1v) is 21.5. The Balaban J connectivity index is 1.66. The molecule has 61 heavy (non-hydrogen) atoms. The number of carbonyl (C=O) groups excluding carboxylic acids is 2. The number of methoxy groups -OCH3 is 4. The first kappa shape index (κ1) is 49.1. The van der Waals surface area contributed by atoms with Crippen molar-refractivity contribution in [2.24, 2.45) is 5.41 Å². The van der Waals surface area contributed by atoms with Gasteiger partial charge in [-0.3, -0.25) is 4.79 Å². The normalized spacial score (nSPS) is 19.7. The van der Waals surface area contributed by atoms with Crippen LogP contribution < -0.4 is 9.47 Å². The molecule has 3 aromatic rings. The van der Waals surface area contributed by atoms with Gasteiger partial charge < -0.3 is 42.6 Å². The molecule has 11 nitrogen and oxygen atoms in total. The standard InChI is InChI=1S/C50H68O11/c1-9-10-11-12-16-20-46(51)60-48-41(32-47(52)55-7)31-44(61-50(48,56-8)49(3,4)29-17-30-57-34-39-21-25-42(53-5)26-22-39)33-45(37(2)58-35-38-18-14-13-15-19-38)59-36-40-23-27-43(54-6)28-24-40/h13-15,17-19,21-29,32,37,44-45,48H,9-12,16,20,30-31,33-36H2,1-8H3/b29-17+,41-32+/t37-,44+,45-,48+,50-/m1/s1. The van der Waals surface area contributed by atoms with E-state index in [1.807, 2.05) is 112 Å². The maximum Gasteiger partial charge on any atom is 0.330 e. The first-order chi connectivity index (χ1) is 29.5. The van der Waals surface area contributed by atoms with Crippen LogP contribution in [0.3, 0.4) is 0 Å². The van der Waals surface area contributed by atoms with Crippen LogP contribution in [0.1, 0.15) is 95.8 Å². The summed E-state index contributed by atoms with van der Waals surface area (Å²) in [6, 6.07) is 25.4. The molecular weight excluding hydrogens is 777 g/mol. The zero-order chi connectivity index (χ0) is 44.1. The van der Waals surface area contributed by atoms with Crippen molar-refractivity contribution in [2.75, 3.05) is 35.0 Å². The van der Waals surface area contributed by atoms with Crippen LogP contribution in [-0.4, -0.2) is 77.2 Å². The lowest BCUT2D eigenvalue weighted by molar-refractivity contribution is -0.339. The van der Waals surface area contributed by atoms with Crippen LogP contribution in [-0.2, 0) is 62.6 Å². The van der Waals surface area contributed by atoms with E-state index in [0.717, 1.165) is 53.9 Å². The van der Waals surface area contributed by atoms with E-state index in [1.165, 1.54) is 13.2 Å². The van der Waals surface area contributed by atoms with E-state index in [0.29, 0.717) is 44.8 Å². The van der Waals surface area contributed by atoms with Crippen LogP contribution in [0.5, 0.6) is 11.5 Å². The molecule has 0 saturated carbocycles. The third kappa shape index (κ3) is 15.1. The summed E-state index contributed by atoms with van der Waals surface area (Å²) in [5.41, 5.74) is 2.58. The highest BCUT2D eigenvalue weighted by Gasteiger charge is 2.59. The summed E-state index contributed by atoms with van der Waals surface area (Å²) in [6.45, 7) is 9.46.